The van der Waals surface area contributed by atoms with Crippen molar-refractivity contribution in [3.05, 3.63) is 125 Å². The number of hydrogen-bond acceptors (Lipinski definition) is 9. The first-order chi connectivity index (χ1) is 20.7. The van der Waals surface area contributed by atoms with Crippen LogP contribution in [0, 0.1) is 0 Å². The second kappa shape index (κ2) is 12.7. The zero-order valence-electron chi connectivity index (χ0n) is 22.5. The highest BCUT2D eigenvalue weighted by molar-refractivity contribution is 5.86. The zero-order valence-corrected chi connectivity index (χ0v) is 22.5. The second-order valence-corrected chi connectivity index (χ2v) is 9.42. The molecule has 12 heteroatoms. The Hall–Kier alpha value is -5.88. The molecule has 0 saturated heterocycles. The summed E-state index contributed by atoms with van der Waals surface area (Å²) in [5.74, 6) is -3.41. The van der Waals surface area contributed by atoms with Gasteiger partial charge in [0.15, 0.2) is 0 Å². The van der Waals surface area contributed by atoms with Crippen molar-refractivity contribution in [3.63, 3.8) is 0 Å². The van der Waals surface area contributed by atoms with E-state index >= 15 is 0 Å². The van der Waals surface area contributed by atoms with Crippen LogP contribution in [-0.2, 0) is 19.6 Å². The molecule has 0 amide bonds. The largest absolute Gasteiger partial charge is 0.477 e. The van der Waals surface area contributed by atoms with Crippen LogP contribution in [0.1, 0.15) is 48.5 Å². The van der Waals surface area contributed by atoms with Crippen LogP contribution in [0.3, 0.4) is 0 Å². The molecule has 0 aliphatic rings. The van der Waals surface area contributed by atoms with Crippen molar-refractivity contribution in [3.8, 4) is 22.8 Å². The molecule has 5 rings (SSSR count). The van der Waals surface area contributed by atoms with Gasteiger partial charge in [-0.05, 0) is 60.7 Å². The Kier molecular flexibility index (Phi) is 8.49. The van der Waals surface area contributed by atoms with E-state index < -0.39 is 17.9 Å². The van der Waals surface area contributed by atoms with Gasteiger partial charge < -0.3 is 15.3 Å². The van der Waals surface area contributed by atoms with Gasteiger partial charge in [-0.2, -0.15) is 0 Å². The van der Waals surface area contributed by atoms with Gasteiger partial charge in [0.1, 0.15) is 17.1 Å². The molecule has 0 saturated carbocycles. The summed E-state index contributed by atoms with van der Waals surface area (Å²) in [5, 5.41) is 28.1. The molecule has 0 bridgehead atoms. The van der Waals surface area contributed by atoms with E-state index in [4.69, 9.17) is 9.97 Å². The SMILES string of the molecule is O=C(O)c1cccc(CN(Cc2cccc(-c3cccc(C(=O)O)n3)n2)Cc2cccc(-c3cccc(C(=O)O)n3)n2)n1. The van der Waals surface area contributed by atoms with Gasteiger partial charge in [-0.15, -0.1) is 0 Å². The van der Waals surface area contributed by atoms with Gasteiger partial charge in [-0.25, -0.2) is 39.3 Å². The number of nitrogens with zero attached hydrogens (tertiary/aromatic N) is 6. The number of carboxylic acid groups (broad SMARTS) is 3. The molecule has 214 valence electrons. The number of carboxylic acids is 3. The number of aromatic nitrogens is 5. The van der Waals surface area contributed by atoms with Crippen LogP contribution >= 0.6 is 0 Å². The van der Waals surface area contributed by atoms with Gasteiger partial charge in [-0.1, -0.05) is 30.3 Å². The highest BCUT2D eigenvalue weighted by atomic mass is 16.4. The predicted molar refractivity (Wildman–Crippen MR) is 153 cm³/mol. The van der Waals surface area contributed by atoms with Crippen LogP contribution in [0.4, 0.5) is 0 Å². The molecular formula is C31H24N6O6. The Bertz CT molecular complexity index is 1730. The Morgan fingerprint density at radius 1 is 0.442 bits per heavy atom. The first-order valence-electron chi connectivity index (χ1n) is 13.0. The molecule has 5 aromatic rings. The van der Waals surface area contributed by atoms with Crippen molar-refractivity contribution >= 4 is 17.9 Å². The monoisotopic (exact) mass is 576 g/mol. The lowest BCUT2D eigenvalue weighted by Gasteiger charge is -2.22. The van der Waals surface area contributed by atoms with Crippen LogP contribution in [0.15, 0.2) is 91.0 Å². The molecule has 0 unspecified atom stereocenters. The Labute approximate surface area is 245 Å². The molecule has 3 N–H and O–H groups in total. The lowest BCUT2D eigenvalue weighted by Crippen LogP contribution is -2.24. The van der Waals surface area contributed by atoms with E-state index in [9.17, 15) is 29.7 Å². The van der Waals surface area contributed by atoms with Gasteiger partial charge in [0.2, 0.25) is 0 Å². The second-order valence-electron chi connectivity index (χ2n) is 9.42. The van der Waals surface area contributed by atoms with Gasteiger partial charge in [-0.3, -0.25) is 4.90 Å². The maximum Gasteiger partial charge on any atom is 0.354 e. The molecule has 0 spiro atoms. The van der Waals surface area contributed by atoms with E-state index in [0.29, 0.717) is 52.9 Å². The van der Waals surface area contributed by atoms with Crippen LogP contribution in [0.2, 0.25) is 0 Å². The van der Waals surface area contributed by atoms with Gasteiger partial charge in [0.05, 0.1) is 39.9 Å². The van der Waals surface area contributed by atoms with Crippen LogP contribution in [-0.4, -0.2) is 63.0 Å². The third kappa shape index (κ3) is 7.26. The molecule has 0 aliphatic heterocycles. The fourth-order valence-electron chi connectivity index (χ4n) is 4.36. The third-order valence-corrected chi connectivity index (χ3v) is 6.26. The molecule has 43 heavy (non-hydrogen) atoms. The van der Waals surface area contributed by atoms with E-state index in [-0.39, 0.29) is 23.6 Å². The van der Waals surface area contributed by atoms with Crippen molar-refractivity contribution < 1.29 is 29.7 Å². The van der Waals surface area contributed by atoms with Crippen LogP contribution < -0.4 is 0 Å². The molecule has 5 aromatic heterocycles. The standard InChI is InChI=1S/C31H24N6O6/c38-29(39)26-13-3-8-21(34-26)18-37(16-19-6-1-9-22(32-19)24-11-4-14-27(35-24)30(40)41)17-20-7-2-10-23(33-20)25-12-5-15-28(36-25)31(42)43/h1-15H,16-18H2,(H,38,39)(H,40,41)(H,42,43). The summed E-state index contributed by atoms with van der Waals surface area (Å²) in [4.78, 5) is 58.4. The average molecular weight is 577 g/mol. The maximum absolute atomic E-state index is 11.5. The fraction of sp³-hybridized carbons (Fsp3) is 0.0968. The highest BCUT2D eigenvalue weighted by Crippen LogP contribution is 2.20. The smallest absolute Gasteiger partial charge is 0.354 e. The molecule has 5 heterocycles. The number of hydrogen-bond donors (Lipinski definition) is 3. The summed E-state index contributed by atoms with van der Waals surface area (Å²) >= 11 is 0. The van der Waals surface area contributed by atoms with E-state index in [1.165, 1.54) is 18.2 Å². The maximum atomic E-state index is 11.5. The van der Waals surface area contributed by atoms with Gasteiger partial charge >= 0.3 is 17.9 Å². The summed E-state index contributed by atoms with van der Waals surface area (Å²) in [6.45, 7) is 0.882. The molecule has 12 nitrogen and oxygen atoms in total. The van der Waals surface area contributed by atoms with Gasteiger partial charge in [0.25, 0.3) is 0 Å². The van der Waals surface area contributed by atoms with E-state index in [1.54, 1.807) is 60.7 Å². The Morgan fingerprint density at radius 3 is 1.14 bits per heavy atom. The normalized spacial score (nSPS) is 10.9. The fourth-order valence-corrected chi connectivity index (χ4v) is 4.36. The predicted octanol–water partition coefficient (Wildman–Crippen LogP) is 4.29. The van der Waals surface area contributed by atoms with Gasteiger partial charge in [0, 0.05) is 19.6 Å². The molecule has 0 radical (unpaired) electrons. The quantitative estimate of drug-likeness (QED) is 0.203. The van der Waals surface area contributed by atoms with Crippen molar-refractivity contribution in [2.75, 3.05) is 0 Å². The lowest BCUT2D eigenvalue weighted by atomic mass is 10.2. The van der Waals surface area contributed by atoms with Crippen molar-refractivity contribution in [1.29, 1.82) is 0 Å². The number of rotatable bonds is 11. The molecule has 0 fully saturated rings. The summed E-state index contributed by atoms with van der Waals surface area (Å²) in [7, 11) is 0. The molecule has 0 aromatic carbocycles. The van der Waals surface area contributed by atoms with Crippen LogP contribution in [0.5, 0.6) is 0 Å². The zero-order chi connectivity index (χ0) is 30.3. The number of aromatic carboxylic acids is 3. The minimum atomic E-state index is -1.14. The van der Waals surface area contributed by atoms with Crippen molar-refractivity contribution in [2.45, 2.75) is 19.6 Å². The average Bonchev–Trinajstić information content (AvgIpc) is 3.01. The third-order valence-electron chi connectivity index (χ3n) is 6.26. The Morgan fingerprint density at radius 2 is 0.744 bits per heavy atom. The number of carbonyl (C=O) groups is 3. The van der Waals surface area contributed by atoms with E-state index in [1.807, 2.05) is 17.0 Å². The van der Waals surface area contributed by atoms with Crippen molar-refractivity contribution in [2.24, 2.45) is 0 Å². The first-order valence-corrected chi connectivity index (χ1v) is 13.0. The summed E-state index contributed by atoms with van der Waals surface area (Å²) in [6.07, 6.45) is 0. The molecular weight excluding hydrogens is 552 g/mol. The minimum absolute atomic E-state index is 0.0773. The lowest BCUT2D eigenvalue weighted by molar-refractivity contribution is 0.0679. The summed E-state index contributed by atoms with van der Waals surface area (Å²) < 4.78 is 0. The minimum Gasteiger partial charge on any atom is -0.477 e. The molecule has 0 atom stereocenters. The highest BCUT2D eigenvalue weighted by Gasteiger charge is 2.16. The summed E-state index contributed by atoms with van der Waals surface area (Å²) in [5.41, 5.74) is 3.39. The first kappa shape index (κ1) is 28.6. The van der Waals surface area contributed by atoms with E-state index in [0.717, 1.165) is 0 Å². The van der Waals surface area contributed by atoms with Crippen molar-refractivity contribution in [1.82, 2.24) is 29.8 Å². The van der Waals surface area contributed by atoms with E-state index in [2.05, 4.69) is 15.0 Å². The molecule has 0 aliphatic carbocycles. The Balaban J connectivity index is 1.45. The van der Waals surface area contributed by atoms with Crippen LogP contribution in [0.25, 0.3) is 22.8 Å². The topological polar surface area (TPSA) is 180 Å². The number of pyridine rings is 5. The summed E-state index contributed by atoms with van der Waals surface area (Å²) in [6, 6.07) is 24.9.